The van der Waals surface area contributed by atoms with Crippen molar-refractivity contribution in [3.8, 4) is 5.75 Å². The molecule has 1 aliphatic heterocycles. The van der Waals surface area contributed by atoms with Gasteiger partial charge in [-0.05, 0) is 42.8 Å². The van der Waals surface area contributed by atoms with Crippen molar-refractivity contribution in [3.05, 3.63) is 65.5 Å². The van der Waals surface area contributed by atoms with E-state index in [9.17, 15) is 13.2 Å². The molecule has 1 saturated heterocycles. The zero-order valence-electron chi connectivity index (χ0n) is 19.3. The minimum absolute atomic E-state index is 0.123. The Hall–Kier alpha value is -3.22. The number of hydrogen-bond donors (Lipinski definition) is 2. The molecule has 2 atom stereocenters. The molecule has 11 nitrogen and oxygen atoms in total. The highest BCUT2D eigenvalue weighted by molar-refractivity contribution is 7.89. The molecule has 3 aromatic rings. The van der Waals surface area contributed by atoms with Crippen LogP contribution in [0.1, 0.15) is 23.9 Å². The first kappa shape index (κ1) is 24.9. The molecule has 35 heavy (non-hydrogen) atoms. The van der Waals surface area contributed by atoms with Crippen molar-refractivity contribution < 1.29 is 17.9 Å². The summed E-state index contributed by atoms with van der Waals surface area (Å²) in [6.07, 6.45) is 4.57. The van der Waals surface area contributed by atoms with Gasteiger partial charge in [0.05, 0.1) is 26.1 Å². The maximum absolute atomic E-state index is 12.7. The normalized spacial score (nSPS) is 18.7. The van der Waals surface area contributed by atoms with Crippen molar-refractivity contribution in [3.63, 3.8) is 0 Å². The molecular formula is C22H26ClN7O4S. The third-order valence-electron chi connectivity index (χ3n) is 5.71. The number of urea groups is 1. The number of methoxy groups -OCH3 is 1. The van der Waals surface area contributed by atoms with Gasteiger partial charge in [-0.25, -0.2) is 18.2 Å². The van der Waals surface area contributed by atoms with E-state index in [2.05, 4.69) is 30.6 Å². The lowest BCUT2D eigenvalue weighted by molar-refractivity contribution is 0.164. The van der Waals surface area contributed by atoms with Crippen molar-refractivity contribution >= 4 is 33.3 Å². The number of benzene rings is 1. The number of ether oxygens (including phenoxy) is 1. The van der Waals surface area contributed by atoms with Crippen molar-refractivity contribution in [2.24, 2.45) is 0 Å². The molecule has 186 valence electrons. The highest BCUT2D eigenvalue weighted by atomic mass is 35.5. The van der Waals surface area contributed by atoms with Crippen molar-refractivity contribution in [2.45, 2.75) is 24.9 Å². The van der Waals surface area contributed by atoms with E-state index in [0.29, 0.717) is 48.3 Å². The zero-order chi connectivity index (χ0) is 25.0. The summed E-state index contributed by atoms with van der Waals surface area (Å²) in [5.74, 6) is 0.924. The summed E-state index contributed by atoms with van der Waals surface area (Å²) in [6.45, 7) is 1.60. The number of carbonyl (C=O) groups excluding carboxylic acids is 1. The summed E-state index contributed by atoms with van der Waals surface area (Å²) < 4.78 is 29.5. The van der Waals surface area contributed by atoms with Gasteiger partial charge < -0.3 is 15.4 Å². The van der Waals surface area contributed by atoms with Gasteiger partial charge in [-0.15, -0.1) is 9.19 Å². The number of nitrogens with zero attached hydrogens (tertiary/aromatic N) is 5. The monoisotopic (exact) mass is 519 g/mol. The molecule has 0 radical (unpaired) electrons. The van der Waals surface area contributed by atoms with Crippen LogP contribution in [-0.4, -0.2) is 71.0 Å². The molecule has 0 aliphatic carbocycles. The zero-order valence-corrected chi connectivity index (χ0v) is 20.8. The van der Waals surface area contributed by atoms with E-state index >= 15 is 0 Å². The number of piperidine rings is 1. The summed E-state index contributed by atoms with van der Waals surface area (Å²) in [5.41, 5.74) is 1.44. The Kier molecular flexibility index (Phi) is 7.53. The van der Waals surface area contributed by atoms with Crippen molar-refractivity contribution in [1.29, 1.82) is 0 Å². The molecule has 2 N–H and O–H groups in total. The van der Waals surface area contributed by atoms with Gasteiger partial charge in [0.25, 0.3) is 10.0 Å². The number of carbonyl (C=O) groups is 1. The van der Waals surface area contributed by atoms with Crippen molar-refractivity contribution in [2.75, 3.05) is 31.8 Å². The highest BCUT2D eigenvalue weighted by Gasteiger charge is 2.33. The molecule has 1 aromatic carbocycles. The maximum Gasteiger partial charge on any atom is 0.319 e. The Bertz CT molecular complexity index is 1270. The van der Waals surface area contributed by atoms with E-state index in [0.717, 1.165) is 16.0 Å². The third kappa shape index (κ3) is 6.47. The van der Waals surface area contributed by atoms with E-state index < -0.39 is 10.0 Å². The first-order valence-electron chi connectivity index (χ1n) is 10.9. The highest BCUT2D eigenvalue weighted by Crippen LogP contribution is 2.28. The fourth-order valence-electron chi connectivity index (χ4n) is 3.95. The van der Waals surface area contributed by atoms with Gasteiger partial charge in [0.1, 0.15) is 12.1 Å². The van der Waals surface area contributed by atoms with Gasteiger partial charge >= 0.3 is 6.03 Å². The Morgan fingerprint density at radius 2 is 1.97 bits per heavy atom. The summed E-state index contributed by atoms with van der Waals surface area (Å²) in [5, 5.41) is 10.6. The molecule has 2 amide bonds. The third-order valence-corrected chi connectivity index (χ3v) is 6.82. The second-order valence-electron chi connectivity index (χ2n) is 8.26. The SMILES string of the molecule is COc1ccc(C2CN(Cc3ncn(S(C)(=O)=O)n3)CCC2NC(=O)Nc2ccc(Cl)cc2)nc1. The first-order valence-corrected chi connectivity index (χ1v) is 13.1. The number of anilines is 1. The molecule has 2 aromatic heterocycles. The number of nitrogens with one attached hydrogen (secondary N) is 2. The Morgan fingerprint density at radius 3 is 2.60 bits per heavy atom. The summed E-state index contributed by atoms with van der Waals surface area (Å²) >= 11 is 5.92. The van der Waals surface area contributed by atoms with Crippen LogP contribution in [0.3, 0.4) is 0 Å². The van der Waals surface area contributed by atoms with E-state index in [1.54, 1.807) is 37.6 Å². The predicted molar refractivity (Wildman–Crippen MR) is 131 cm³/mol. The Balaban J connectivity index is 1.48. The van der Waals surface area contributed by atoms with Crippen LogP contribution < -0.4 is 15.4 Å². The molecule has 2 unspecified atom stereocenters. The second-order valence-corrected chi connectivity index (χ2v) is 10.5. The predicted octanol–water partition coefficient (Wildman–Crippen LogP) is 2.32. The fraction of sp³-hybridized carbons (Fsp3) is 0.364. The number of likely N-dealkylation sites (tertiary alicyclic amines) is 1. The summed E-state index contributed by atoms with van der Waals surface area (Å²) in [6, 6.07) is 10.1. The lowest BCUT2D eigenvalue weighted by atomic mass is 9.88. The van der Waals surface area contributed by atoms with Crippen LogP contribution in [0.2, 0.25) is 5.02 Å². The average Bonchev–Trinajstić information content (AvgIpc) is 3.31. The topological polar surface area (TPSA) is 131 Å². The average molecular weight is 520 g/mol. The molecule has 13 heteroatoms. The molecule has 0 spiro atoms. The second kappa shape index (κ2) is 10.6. The lowest BCUT2D eigenvalue weighted by Gasteiger charge is -2.38. The van der Waals surface area contributed by atoms with Crippen LogP contribution in [-0.2, 0) is 16.6 Å². The van der Waals surface area contributed by atoms with Gasteiger partial charge in [-0.3, -0.25) is 9.88 Å². The Labute approximate surface area is 208 Å². The molecule has 1 aliphatic rings. The maximum atomic E-state index is 12.7. The summed E-state index contributed by atoms with van der Waals surface area (Å²) in [4.78, 5) is 23.5. The number of rotatable bonds is 7. The number of hydrogen-bond acceptors (Lipinski definition) is 8. The smallest absolute Gasteiger partial charge is 0.319 e. The standard InChI is InChI=1S/C22H26ClN7O4S/c1-34-17-7-8-19(24-11-17)18-12-29(13-21-25-14-30(28-21)35(2,32)33)10-9-20(18)27-22(31)26-16-5-3-15(23)4-6-16/h3-8,11,14,18,20H,9-10,12-13H2,1-2H3,(H2,26,27,31). The minimum Gasteiger partial charge on any atom is -0.495 e. The molecule has 0 saturated carbocycles. The molecular weight excluding hydrogens is 494 g/mol. The van der Waals surface area contributed by atoms with E-state index in [4.69, 9.17) is 16.3 Å². The van der Waals surface area contributed by atoms with E-state index in [-0.39, 0.29) is 18.0 Å². The molecule has 1 fully saturated rings. The van der Waals surface area contributed by atoms with Crippen LogP contribution in [0, 0.1) is 0 Å². The quantitative estimate of drug-likeness (QED) is 0.486. The van der Waals surface area contributed by atoms with Crippen LogP contribution in [0.15, 0.2) is 48.9 Å². The number of amides is 2. The fourth-order valence-corrected chi connectivity index (χ4v) is 4.54. The molecule has 4 rings (SSSR count). The van der Waals surface area contributed by atoms with Crippen molar-refractivity contribution in [1.82, 2.24) is 29.4 Å². The van der Waals surface area contributed by atoms with Gasteiger partial charge in [-0.1, -0.05) is 11.6 Å². The van der Waals surface area contributed by atoms with Gasteiger partial charge in [0, 0.05) is 41.5 Å². The summed E-state index contributed by atoms with van der Waals surface area (Å²) in [7, 11) is -1.92. The molecule has 0 bridgehead atoms. The van der Waals surface area contributed by atoms with Crippen LogP contribution in [0.4, 0.5) is 10.5 Å². The Morgan fingerprint density at radius 1 is 1.20 bits per heavy atom. The number of pyridine rings is 1. The van der Waals surface area contributed by atoms with Crippen LogP contribution >= 0.6 is 11.6 Å². The number of halogens is 1. The number of aromatic nitrogens is 4. The van der Waals surface area contributed by atoms with Gasteiger partial charge in [0.15, 0.2) is 5.82 Å². The lowest BCUT2D eigenvalue weighted by Crippen LogP contribution is -2.50. The van der Waals surface area contributed by atoms with Crippen LogP contribution in [0.25, 0.3) is 0 Å². The minimum atomic E-state index is -3.49. The van der Waals surface area contributed by atoms with E-state index in [1.165, 1.54) is 6.33 Å². The van der Waals surface area contributed by atoms with Gasteiger partial charge in [-0.2, -0.15) is 0 Å². The van der Waals surface area contributed by atoms with Crippen LogP contribution in [0.5, 0.6) is 5.75 Å². The van der Waals surface area contributed by atoms with E-state index in [1.807, 2.05) is 12.1 Å². The largest absolute Gasteiger partial charge is 0.495 e. The van der Waals surface area contributed by atoms with Gasteiger partial charge in [0.2, 0.25) is 0 Å². The first-order chi connectivity index (χ1) is 16.7. The molecule has 3 heterocycles.